The van der Waals surface area contributed by atoms with Crippen LogP contribution in [0, 0.1) is 0 Å². The van der Waals surface area contributed by atoms with E-state index in [2.05, 4.69) is 24.1 Å². The van der Waals surface area contributed by atoms with E-state index in [0.29, 0.717) is 17.9 Å². The zero-order chi connectivity index (χ0) is 16.4. The van der Waals surface area contributed by atoms with E-state index >= 15 is 0 Å². The molecule has 0 aliphatic rings. The Bertz CT molecular complexity index is 480. The van der Waals surface area contributed by atoms with Gasteiger partial charge in [0.15, 0.2) is 6.61 Å². The fourth-order valence-electron chi connectivity index (χ4n) is 1.96. The summed E-state index contributed by atoms with van der Waals surface area (Å²) in [6.07, 6.45) is -0.133. The molecule has 138 valence electrons. The van der Waals surface area contributed by atoms with Gasteiger partial charge in [0.2, 0.25) is 0 Å². The monoisotopic (exact) mass is 383 g/mol. The summed E-state index contributed by atoms with van der Waals surface area (Å²) in [6, 6.07) is 6.57. The van der Waals surface area contributed by atoms with Gasteiger partial charge < -0.3 is 35.8 Å². The van der Waals surface area contributed by atoms with Gasteiger partial charge in [0.05, 0.1) is 0 Å². The summed E-state index contributed by atoms with van der Waals surface area (Å²) in [5.41, 5.74) is 0.635. The third kappa shape index (κ3) is 13.0. The molecule has 9 heteroatoms. The molecule has 0 heterocycles. The van der Waals surface area contributed by atoms with Crippen LogP contribution in [-0.4, -0.2) is 98.3 Å². The summed E-state index contributed by atoms with van der Waals surface area (Å²) in [7, 11) is 0. The molecule has 1 rings (SSSR count). The number of carboxylic acid groups (broad SMARTS) is 1. The Morgan fingerprint density at radius 2 is 1.68 bits per heavy atom. The zero-order valence-corrected chi connectivity index (χ0v) is 17.0. The standard InChI is InChI=1S/C16H24N2O4.Ca.2H2O/c1-3-18(4-2)10-9-17-15(19)12-22-14-7-5-13(6-8-14)11-16(20)21;;;/h5-8H,3-4,9-12H2,1-2H3,(H,17,19)(H,20,21);;2*1H2/q;+2;;/p-1. The Hall–Kier alpha value is -0.900. The van der Waals surface area contributed by atoms with Crippen LogP contribution in [0.2, 0.25) is 0 Å². The third-order valence-corrected chi connectivity index (χ3v) is 3.29. The topological polar surface area (TPSA) is 145 Å². The number of carbonyl (C=O) groups is 2. The molecule has 1 aromatic rings. The van der Waals surface area contributed by atoms with E-state index < -0.39 is 5.97 Å². The van der Waals surface area contributed by atoms with Gasteiger partial charge in [-0.1, -0.05) is 26.0 Å². The van der Waals surface area contributed by atoms with Crippen molar-refractivity contribution in [2.24, 2.45) is 0 Å². The second kappa shape index (κ2) is 16.6. The van der Waals surface area contributed by atoms with Crippen LogP contribution in [0.1, 0.15) is 19.4 Å². The van der Waals surface area contributed by atoms with E-state index in [1.165, 1.54) is 0 Å². The van der Waals surface area contributed by atoms with Crippen LogP contribution in [0.3, 0.4) is 0 Å². The SMILES string of the molecule is CCN(CC)CCNC(=O)COc1ccc(CC(=O)[O-])cc1.O.O.[Ca+2]. The van der Waals surface area contributed by atoms with Crippen molar-refractivity contribution in [3.8, 4) is 5.75 Å². The second-order valence-electron chi connectivity index (χ2n) is 4.86. The zero-order valence-electron chi connectivity index (χ0n) is 14.8. The molecule has 25 heavy (non-hydrogen) atoms. The number of rotatable bonds is 10. The van der Waals surface area contributed by atoms with Crippen molar-refractivity contribution in [1.82, 2.24) is 10.2 Å². The maximum Gasteiger partial charge on any atom is 2.00 e. The van der Waals surface area contributed by atoms with Crippen LogP contribution in [0.5, 0.6) is 5.75 Å². The summed E-state index contributed by atoms with van der Waals surface area (Å²) >= 11 is 0. The van der Waals surface area contributed by atoms with E-state index in [-0.39, 0.29) is 67.6 Å². The first-order valence-corrected chi connectivity index (χ1v) is 7.45. The largest absolute Gasteiger partial charge is 2.00 e. The second-order valence-corrected chi connectivity index (χ2v) is 4.86. The molecule has 1 amide bonds. The number of ether oxygens (including phenoxy) is 1. The van der Waals surface area contributed by atoms with Gasteiger partial charge >= 0.3 is 37.7 Å². The molecule has 0 atom stereocenters. The summed E-state index contributed by atoms with van der Waals surface area (Å²) < 4.78 is 5.35. The van der Waals surface area contributed by atoms with E-state index in [1.54, 1.807) is 24.3 Å². The van der Waals surface area contributed by atoms with Crippen LogP contribution in [0.4, 0.5) is 0 Å². The Balaban J connectivity index is -0.00000161. The first kappa shape index (κ1) is 28.9. The number of benzene rings is 1. The van der Waals surface area contributed by atoms with Crippen molar-refractivity contribution in [1.29, 1.82) is 0 Å². The first-order chi connectivity index (χ1) is 10.5. The van der Waals surface area contributed by atoms with Crippen molar-refractivity contribution in [2.75, 3.05) is 32.8 Å². The Kier molecular flexibility index (Phi) is 19.1. The molecule has 1 aromatic carbocycles. The fourth-order valence-corrected chi connectivity index (χ4v) is 1.96. The van der Waals surface area contributed by atoms with Crippen molar-refractivity contribution < 1.29 is 30.4 Å². The Labute approximate surface area is 178 Å². The van der Waals surface area contributed by atoms with Crippen molar-refractivity contribution >= 4 is 49.6 Å². The van der Waals surface area contributed by atoms with E-state index in [1.807, 2.05) is 0 Å². The van der Waals surface area contributed by atoms with Gasteiger partial charge in [-0.25, -0.2) is 0 Å². The molecule has 0 radical (unpaired) electrons. The predicted molar refractivity (Wildman–Crippen MR) is 94.4 cm³/mol. The van der Waals surface area contributed by atoms with Gasteiger partial charge in [-0.3, -0.25) is 4.79 Å². The van der Waals surface area contributed by atoms with Gasteiger partial charge in [-0.15, -0.1) is 0 Å². The smallest absolute Gasteiger partial charge is 0.550 e. The van der Waals surface area contributed by atoms with E-state index in [0.717, 1.165) is 19.6 Å². The molecule has 0 unspecified atom stereocenters. The molecule has 0 aromatic heterocycles. The average Bonchev–Trinajstić information content (AvgIpc) is 2.50. The van der Waals surface area contributed by atoms with E-state index in [9.17, 15) is 14.7 Å². The number of hydrogen-bond donors (Lipinski definition) is 1. The molecule has 0 spiro atoms. The Morgan fingerprint density at radius 3 is 2.16 bits per heavy atom. The first-order valence-electron chi connectivity index (χ1n) is 7.45. The maximum absolute atomic E-state index is 11.6. The number of nitrogens with one attached hydrogen (secondary N) is 1. The molecule has 0 aliphatic heterocycles. The molecule has 0 saturated heterocycles. The minimum atomic E-state index is -1.12. The number of aliphatic carboxylic acids is 1. The number of nitrogens with zero attached hydrogens (tertiary/aromatic N) is 1. The molecule has 0 saturated carbocycles. The molecular weight excluding hydrogens is 356 g/mol. The van der Waals surface area contributed by atoms with Crippen LogP contribution >= 0.6 is 0 Å². The fraction of sp³-hybridized carbons (Fsp3) is 0.500. The van der Waals surface area contributed by atoms with Crippen molar-refractivity contribution in [3.05, 3.63) is 29.8 Å². The van der Waals surface area contributed by atoms with Crippen LogP contribution in [0.25, 0.3) is 0 Å². The van der Waals surface area contributed by atoms with Crippen molar-refractivity contribution in [2.45, 2.75) is 20.3 Å². The summed E-state index contributed by atoms with van der Waals surface area (Å²) in [5.74, 6) is -0.770. The summed E-state index contributed by atoms with van der Waals surface area (Å²) in [5, 5.41) is 13.3. The minimum Gasteiger partial charge on any atom is -0.550 e. The van der Waals surface area contributed by atoms with Crippen LogP contribution < -0.4 is 15.2 Å². The number of carboxylic acids is 1. The van der Waals surface area contributed by atoms with Gasteiger partial charge in [-0.2, -0.15) is 0 Å². The molecule has 0 fully saturated rings. The van der Waals surface area contributed by atoms with Crippen molar-refractivity contribution in [3.63, 3.8) is 0 Å². The van der Waals surface area contributed by atoms with Gasteiger partial charge in [0, 0.05) is 25.5 Å². The quantitative estimate of drug-likeness (QED) is 0.455. The van der Waals surface area contributed by atoms with Gasteiger partial charge in [0.25, 0.3) is 5.91 Å². The molecule has 0 bridgehead atoms. The molecular formula is C16H27CaN2O6+. The molecule has 5 N–H and O–H groups in total. The number of hydrogen-bond acceptors (Lipinski definition) is 5. The third-order valence-electron chi connectivity index (χ3n) is 3.29. The predicted octanol–water partition coefficient (Wildman–Crippen LogP) is -2.21. The number of likely N-dealkylation sites (N-methyl/N-ethyl adjacent to an activating group) is 1. The Morgan fingerprint density at radius 1 is 1.12 bits per heavy atom. The summed E-state index contributed by atoms with van der Waals surface area (Å²) in [4.78, 5) is 24.3. The van der Waals surface area contributed by atoms with E-state index in [4.69, 9.17) is 4.74 Å². The van der Waals surface area contributed by atoms with Crippen LogP contribution in [0.15, 0.2) is 24.3 Å². The normalized spacial score (nSPS) is 9.24. The maximum atomic E-state index is 11.6. The number of amides is 1. The van der Waals surface area contributed by atoms with Gasteiger partial charge in [0.1, 0.15) is 5.75 Å². The van der Waals surface area contributed by atoms with Crippen LogP contribution in [-0.2, 0) is 16.0 Å². The van der Waals surface area contributed by atoms with Gasteiger partial charge in [-0.05, 0) is 30.8 Å². The minimum absolute atomic E-state index is 0. The molecule has 0 aliphatic carbocycles. The number of carbonyl (C=O) groups excluding carboxylic acids is 2. The molecule has 8 nitrogen and oxygen atoms in total. The summed E-state index contributed by atoms with van der Waals surface area (Å²) in [6.45, 7) is 7.43. The average molecular weight is 383 g/mol.